The van der Waals surface area contributed by atoms with E-state index in [1.807, 2.05) is 0 Å². The molecule has 0 aromatic rings. The number of hydrogen-bond donors (Lipinski definition) is 0. The van der Waals surface area contributed by atoms with Gasteiger partial charge in [-0.3, -0.25) is 33.2 Å². The van der Waals surface area contributed by atoms with Crippen LogP contribution in [-0.4, -0.2) is 26.2 Å². The SMILES string of the molecule is [C-]#[N+][Si]([N+]#[C-])([N+]#[C-])C(F)(F)C(F)(F)C(F)(F)F. The van der Waals surface area contributed by atoms with Crippen LogP contribution < -0.4 is 0 Å². The molecule has 0 aliphatic carbocycles. The molecule has 0 rings (SSSR count). The number of halogens is 7. The Labute approximate surface area is 91.2 Å². The Morgan fingerprint density at radius 3 is 1.18 bits per heavy atom. The first-order chi connectivity index (χ1) is 7.43. The van der Waals surface area contributed by atoms with Gasteiger partial charge in [-0.2, -0.15) is 30.7 Å². The second-order valence-electron chi connectivity index (χ2n) is 2.62. The van der Waals surface area contributed by atoms with E-state index in [1.165, 1.54) is 0 Å². The van der Waals surface area contributed by atoms with Crippen molar-refractivity contribution < 1.29 is 30.7 Å². The van der Waals surface area contributed by atoms with E-state index in [0.29, 0.717) is 0 Å². The van der Waals surface area contributed by atoms with Gasteiger partial charge in [0.1, 0.15) is 0 Å². The van der Waals surface area contributed by atoms with Gasteiger partial charge in [-0.1, -0.05) is 0 Å². The molecule has 0 fully saturated rings. The molecule has 0 aromatic heterocycles. The van der Waals surface area contributed by atoms with Gasteiger partial charge in [0.2, 0.25) is 0 Å². The van der Waals surface area contributed by atoms with Crippen LogP contribution in [0.15, 0.2) is 0 Å². The van der Waals surface area contributed by atoms with E-state index in [0.717, 1.165) is 0 Å². The first-order valence-electron chi connectivity index (χ1n) is 3.41. The van der Waals surface area contributed by atoms with E-state index in [2.05, 4.69) is 0 Å². The average Bonchev–Trinajstić information content (AvgIpc) is 2.19. The molecule has 92 valence electrons. The summed E-state index contributed by atoms with van der Waals surface area (Å²) in [4.78, 5) is 0. The van der Waals surface area contributed by atoms with Gasteiger partial charge in [0.25, 0.3) is 0 Å². The van der Waals surface area contributed by atoms with Crippen LogP contribution in [0.1, 0.15) is 0 Å². The van der Waals surface area contributed by atoms with Gasteiger partial charge in [0.05, 0.1) is 0 Å². The lowest BCUT2D eigenvalue weighted by molar-refractivity contribution is -0.334. The zero-order chi connectivity index (χ0) is 14.1. The topological polar surface area (TPSA) is 13.1 Å². The van der Waals surface area contributed by atoms with Crippen molar-refractivity contribution in [2.24, 2.45) is 0 Å². The fraction of sp³-hybridized carbons (Fsp3) is 0.500. The minimum atomic E-state index is -6.64. The van der Waals surface area contributed by atoms with Gasteiger partial charge in [-0.25, -0.2) is 0 Å². The molecule has 0 N–H and O–H groups in total. The van der Waals surface area contributed by atoms with Crippen molar-refractivity contribution in [3.8, 4) is 0 Å². The van der Waals surface area contributed by atoms with Gasteiger partial charge in [0.15, 0.2) is 0 Å². The smallest absolute Gasteiger partial charge is 0.263 e. The number of rotatable bonds is 2. The van der Waals surface area contributed by atoms with Crippen LogP contribution in [0.5, 0.6) is 0 Å². The predicted octanol–water partition coefficient (Wildman–Crippen LogP) is 3.06. The van der Waals surface area contributed by atoms with E-state index in [9.17, 15) is 30.7 Å². The van der Waals surface area contributed by atoms with Gasteiger partial charge < -0.3 is 0 Å². The Morgan fingerprint density at radius 2 is 1.00 bits per heavy atom. The quantitative estimate of drug-likeness (QED) is 0.417. The lowest BCUT2D eigenvalue weighted by atomic mass is 10.3. The third kappa shape index (κ3) is 1.81. The third-order valence-corrected chi connectivity index (χ3v) is 3.73. The summed E-state index contributed by atoms with van der Waals surface area (Å²) in [6.45, 7) is 18.4. The molecule has 17 heavy (non-hydrogen) atoms. The highest BCUT2D eigenvalue weighted by Gasteiger charge is 3.09. The maximum atomic E-state index is 13.0. The highest BCUT2D eigenvalue weighted by atomic mass is 28.4. The largest absolute Gasteiger partial charge is 1.35 e. The summed E-state index contributed by atoms with van der Waals surface area (Å²) >= 11 is 0. The molecule has 0 saturated heterocycles. The van der Waals surface area contributed by atoms with Crippen LogP contribution in [0.3, 0.4) is 0 Å². The minimum absolute atomic E-state index is 1.76. The molecule has 0 unspecified atom stereocenters. The van der Waals surface area contributed by atoms with Crippen molar-refractivity contribution in [3.05, 3.63) is 33.2 Å². The van der Waals surface area contributed by atoms with E-state index in [1.54, 1.807) is 13.5 Å². The van der Waals surface area contributed by atoms with Crippen molar-refractivity contribution in [1.82, 2.24) is 0 Å². The van der Waals surface area contributed by atoms with E-state index >= 15 is 0 Å². The Balaban J connectivity index is 6.02. The molecule has 0 atom stereocenters. The van der Waals surface area contributed by atoms with Crippen LogP contribution >= 0.6 is 0 Å². The van der Waals surface area contributed by atoms with Crippen LogP contribution in [0.2, 0.25) is 0 Å². The van der Waals surface area contributed by atoms with Gasteiger partial charge in [0, 0.05) is 0 Å². The molecule has 0 bridgehead atoms. The Morgan fingerprint density at radius 1 is 0.706 bits per heavy atom. The number of alkyl halides is 7. The molecule has 11 heteroatoms. The lowest BCUT2D eigenvalue weighted by Gasteiger charge is -2.21. The third-order valence-electron chi connectivity index (χ3n) is 1.64. The van der Waals surface area contributed by atoms with E-state index < -0.39 is 26.2 Å². The zero-order valence-electron chi connectivity index (χ0n) is 7.49. The highest BCUT2D eigenvalue weighted by molar-refractivity contribution is 6.91. The number of nitrogens with zero attached hydrogens (tertiary/aromatic N) is 3. The van der Waals surface area contributed by atoms with Crippen molar-refractivity contribution in [2.75, 3.05) is 0 Å². The average molecular weight is 275 g/mol. The fourth-order valence-electron chi connectivity index (χ4n) is 0.674. The molecule has 0 saturated carbocycles. The summed E-state index contributed by atoms with van der Waals surface area (Å²) in [6, 6.07) is 0. The second kappa shape index (κ2) is 3.89. The molecule has 0 heterocycles. The molecule has 0 aliphatic heterocycles. The van der Waals surface area contributed by atoms with Crippen molar-refractivity contribution >= 4 is 8.56 Å². The Kier molecular flexibility index (Phi) is 3.48. The van der Waals surface area contributed by atoms with Crippen LogP contribution in [0, 0.1) is 19.7 Å². The second-order valence-corrected chi connectivity index (χ2v) is 5.19. The summed E-state index contributed by atoms with van der Waals surface area (Å²) in [7, 11) is -6.12. The summed E-state index contributed by atoms with van der Waals surface area (Å²) in [5.41, 5.74) is -6.04. The molecule has 0 aromatic carbocycles. The van der Waals surface area contributed by atoms with E-state index in [-0.39, 0.29) is 0 Å². The normalized spacial score (nSPS) is 13.4. The molecule has 0 spiro atoms. The van der Waals surface area contributed by atoms with Gasteiger partial charge in [-0.05, 0) is 0 Å². The van der Waals surface area contributed by atoms with Gasteiger partial charge in [-0.15, -0.1) is 0 Å². The monoisotopic (exact) mass is 275 g/mol. The highest BCUT2D eigenvalue weighted by Crippen LogP contribution is 2.51. The first kappa shape index (κ1) is 15.2. The minimum Gasteiger partial charge on any atom is -0.263 e. The maximum absolute atomic E-state index is 13.0. The standard InChI is InChI=1S/C6F7N3Si/c1-14-17(15-2,16-3)6(12,13)4(7,8)5(9,10)11. The number of hydrogen-bond acceptors (Lipinski definition) is 0. The van der Waals surface area contributed by atoms with E-state index in [4.69, 9.17) is 19.7 Å². The Bertz CT molecular complexity index is 398. The maximum Gasteiger partial charge on any atom is 1.35 e. The summed E-state index contributed by atoms with van der Waals surface area (Å²) in [5, 5.41) is 0. The van der Waals surface area contributed by atoms with Crippen molar-refractivity contribution in [1.29, 1.82) is 0 Å². The summed E-state index contributed by atoms with van der Waals surface area (Å²) in [6.07, 6.45) is -6.64. The molecule has 3 nitrogen and oxygen atoms in total. The molecule has 0 radical (unpaired) electrons. The first-order valence-corrected chi connectivity index (χ1v) is 5.26. The molecular weight excluding hydrogens is 275 g/mol. The zero-order valence-corrected chi connectivity index (χ0v) is 8.49. The van der Waals surface area contributed by atoms with Crippen molar-refractivity contribution in [3.63, 3.8) is 0 Å². The molecular formula is C6F7N3Si. The van der Waals surface area contributed by atoms with Gasteiger partial charge >= 0.3 is 26.2 Å². The molecule has 0 aliphatic rings. The lowest BCUT2D eigenvalue weighted by Crippen LogP contribution is -2.63. The molecule has 0 amide bonds. The van der Waals surface area contributed by atoms with Crippen LogP contribution in [0.25, 0.3) is 13.5 Å². The summed E-state index contributed by atoms with van der Waals surface area (Å²) < 4.78 is 91.5. The summed E-state index contributed by atoms with van der Waals surface area (Å²) in [5.74, 6) is -6.59. The van der Waals surface area contributed by atoms with Crippen LogP contribution in [-0.2, 0) is 0 Å². The Hall–Kier alpha value is -1.80. The van der Waals surface area contributed by atoms with Crippen LogP contribution in [0.4, 0.5) is 30.7 Å². The fourth-order valence-corrected chi connectivity index (χ4v) is 1.81. The predicted molar refractivity (Wildman–Crippen MR) is 41.5 cm³/mol. The van der Waals surface area contributed by atoms with Crippen molar-refractivity contribution in [2.45, 2.75) is 17.6 Å².